The molecule has 4 aliphatic rings. The second-order valence-corrected chi connectivity index (χ2v) is 10.8. The third-order valence-electron chi connectivity index (χ3n) is 9.44. The molecule has 4 fully saturated rings. The molecule has 1 radical (unpaired) electrons. The van der Waals surface area contributed by atoms with Gasteiger partial charge in [-0.1, -0.05) is 44.2 Å². The van der Waals surface area contributed by atoms with Gasteiger partial charge in [0.15, 0.2) is 0 Å². The third-order valence-corrected chi connectivity index (χ3v) is 9.44. The molecule has 0 amide bonds. The molecule has 4 saturated carbocycles. The van der Waals surface area contributed by atoms with Gasteiger partial charge < -0.3 is 10.4 Å². The van der Waals surface area contributed by atoms with E-state index in [4.69, 9.17) is 0 Å². The zero-order valence-corrected chi connectivity index (χ0v) is 17.7. The maximum atomic E-state index is 10.6. The highest BCUT2D eigenvalue weighted by atomic mass is 16.3. The molecule has 4 aliphatic carbocycles. The second kappa shape index (κ2) is 7.43. The van der Waals surface area contributed by atoms with Gasteiger partial charge in [0.25, 0.3) is 0 Å². The van der Waals surface area contributed by atoms with Crippen molar-refractivity contribution in [3.05, 3.63) is 42.3 Å². The van der Waals surface area contributed by atoms with Crippen LogP contribution in [0.2, 0.25) is 0 Å². The summed E-state index contributed by atoms with van der Waals surface area (Å²) >= 11 is 0. The summed E-state index contributed by atoms with van der Waals surface area (Å²) in [6, 6.07) is 11.4. The SMILES string of the molecule is C[C@@H]1C[C@H](NCc2ccccc2)[CH]C2CC[C@@H]3[C@H](CC[C@]4(C)[C@@H](O)CC[C@@H]34)C21. The van der Waals surface area contributed by atoms with Gasteiger partial charge in [-0.05, 0) is 97.9 Å². The summed E-state index contributed by atoms with van der Waals surface area (Å²) in [6.45, 7) is 5.91. The largest absolute Gasteiger partial charge is 0.393 e. The lowest BCUT2D eigenvalue weighted by Gasteiger charge is -2.57. The number of aliphatic hydroxyl groups excluding tert-OH is 1. The number of benzene rings is 1. The maximum Gasteiger partial charge on any atom is 0.0596 e. The fourth-order valence-corrected chi connectivity index (χ4v) is 8.08. The maximum absolute atomic E-state index is 10.6. The van der Waals surface area contributed by atoms with Crippen LogP contribution in [0.3, 0.4) is 0 Å². The van der Waals surface area contributed by atoms with E-state index in [0.29, 0.717) is 6.04 Å². The predicted molar refractivity (Wildman–Crippen MR) is 114 cm³/mol. The summed E-state index contributed by atoms with van der Waals surface area (Å²) in [6.07, 6.45) is 11.7. The van der Waals surface area contributed by atoms with E-state index in [2.05, 4.69) is 55.9 Å². The molecule has 2 unspecified atom stereocenters. The molecule has 1 aromatic carbocycles. The normalized spacial score (nSPS) is 47.8. The molecule has 9 atom stereocenters. The van der Waals surface area contributed by atoms with E-state index < -0.39 is 0 Å². The van der Waals surface area contributed by atoms with E-state index in [9.17, 15) is 5.11 Å². The van der Waals surface area contributed by atoms with Crippen molar-refractivity contribution < 1.29 is 5.11 Å². The second-order valence-electron chi connectivity index (χ2n) is 10.8. The summed E-state index contributed by atoms with van der Waals surface area (Å²) < 4.78 is 0. The molecule has 0 saturated heterocycles. The van der Waals surface area contributed by atoms with Crippen LogP contribution in [0.4, 0.5) is 0 Å². The quantitative estimate of drug-likeness (QED) is 0.753. The Bertz CT molecular complexity index is 674. The molecule has 1 aromatic rings. The molecule has 153 valence electrons. The van der Waals surface area contributed by atoms with Crippen LogP contribution in [-0.4, -0.2) is 17.3 Å². The van der Waals surface area contributed by atoms with Gasteiger partial charge in [0.2, 0.25) is 0 Å². The molecule has 2 N–H and O–H groups in total. The zero-order chi connectivity index (χ0) is 19.3. The van der Waals surface area contributed by atoms with Crippen LogP contribution >= 0.6 is 0 Å². The number of nitrogens with one attached hydrogen (secondary N) is 1. The van der Waals surface area contributed by atoms with Gasteiger partial charge in [0, 0.05) is 12.6 Å². The van der Waals surface area contributed by atoms with Crippen LogP contribution in [-0.2, 0) is 6.54 Å². The predicted octanol–water partition coefficient (Wildman–Crippen LogP) is 5.22. The molecule has 2 nitrogen and oxygen atoms in total. The van der Waals surface area contributed by atoms with Crippen molar-refractivity contribution >= 4 is 0 Å². The van der Waals surface area contributed by atoms with Crippen LogP contribution in [0, 0.1) is 47.3 Å². The molecule has 0 heterocycles. The standard InChI is InChI=1S/C26H38NO/c1-17-14-20(27-16-18-6-4-3-5-7-18)15-19-8-9-21-22(25(17)19)12-13-26(2)23(21)10-11-24(26)28/h3-7,15,17,19-25,27-28H,8-14,16H2,1-2H3/t17-,19?,20+,21-,22+,23+,24+,25?,26+/m1/s1. The minimum Gasteiger partial charge on any atom is -0.393 e. The van der Waals surface area contributed by atoms with E-state index in [-0.39, 0.29) is 11.5 Å². The highest BCUT2D eigenvalue weighted by molar-refractivity contribution is 5.15. The molecular weight excluding hydrogens is 342 g/mol. The van der Waals surface area contributed by atoms with E-state index in [1.54, 1.807) is 0 Å². The van der Waals surface area contributed by atoms with Crippen molar-refractivity contribution in [1.29, 1.82) is 0 Å². The fraction of sp³-hybridized carbons (Fsp3) is 0.731. The Balaban J connectivity index is 1.25. The average molecular weight is 381 g/mol. The Hall–Kier alpha value is -0.860. The summed E-state index contributed by atoms with van der Waals surface area (Å²) in [5.41, 5.74) is 1.61. The first-order valence-electron chi connectivity index (χ1n) is 11.9. The van der Waals surface area contributed by atoms with Gasteiger partial charge in [-0.25, -0.2) is 0 Å². The van der Waals surface area contributed by atoms with E-state index in [1.165, 1.54) is 44.1 Å². The van der Waals surface area contributed by atoms with Crippen LogP contribution in [0.5, 0.6) is 0 Å². The average Bonchev–Trinajstić information content (AvgIpc) is 3.01. The van der Waals surface area contributed by atoms with Gasteiger partial charge >= 0.3 is 0 Å². The summed E-state index contributed by atoms with van der Waals surface area (Å²) in [7, 11) is 0. The van der Waals surface area contributed by atoms with Gasteiger partial charge in [-0.15, -0.1) is 0 Å². The molecular formula is C26H38NO. The summed E-state index contributed by atoms with van der Waals surface area (Å²) in [5.74, 6) is 5.06. The number of rotatable bonds is 3. The Morgan fingerprint density at radius 2 is 1.86 bits per heavy atom. The smallest absolute Gasteiger partial charge is 0.0596 e. The Kier molecular flexibility index (Phi) is 5.08. The van der Waals surface area contributed by atoms with E-state index in [0.717, 1.165) is 48.5 Å². The first-order valence-corrected chi connectivity index (χ1v) is 11.9. The Labute approximate surface area is 171 Å². The fourth-order valence-electron chi connectivity index (χ4n) is 8.08. The highest BCUT2D eigenvalue weighted by Crippen LogP contribution is 2.63. The van der Waals surface area contributed by atoms with Crippen molar-refractivity contribution in [2.24, 2.45) is 40.9 Å². The van der Waals surface area contributed by atoms with Crippen LogP contribution < -0.4 is 5.32 Å². The lowest BCUT2D eigenvalue weighted by atomic mass is 9.48. The van der Waals surface area contributed by atoms with Crippen molar-refractivity contribution in [3.63, 3.8) is 0 Å². The number of hydrogen-bond acceptors (Lipinski definition) is 2. The number of hydrogen-bond donors (Lipinski definition) is 2. The van der Waals surface area contributed by atoms with E-state index in [1.807, 2.05) is 0 Å². The van der Waals surface area contributed by atoms with Crippen molar-refractivity contribution in [2.45, 2.75) is 77.5 Å². The summed E-state index contributed by atoms with van der Waals surface area (Å²) in [5, 5.41) is 14.5. The first-order chi connectivity index (χ1) is 13.6. The first kappa shape index (κ1) is 19.1. The third kappa shape index (κ3) is 3.16. The number of fused-ring (bicyclic) bond motifs is 5. The molecule has 5 rings (SSSR count). The lowest BCUT2D eigenvalue weighted by Crippen LogP contribution is -2.53. The molecule has 28 heavy (non-hydrogen) atoms. The zero-order valence-electron chi connectivity index (χ0n) is 17.7. The van der Waals surface area contributed by atoms with Crippen molar-refractivity contribution in [2.75, 3.05) is 0 Å². The van der Waals surface area contributed by atoms with Crippen molar-refractivity contribution in [3.8, 4) is 0 Å². The van der Waals surface area contributed by atoms with Gasteiger partial charge in [0.1, 0.15) is 0 Å². The molecule has 0 bridgehead atoms. The molecule has 2 heteroatoms. The van der Waals surface area contributed by atoms with Gasteiger partial charge in [0.05, 0.1) is 6.10 Å². The monoisotopic (exact) mass is 380 g/mol. The van der Waals surface area contributed by atoms with E-state index >= 15 is 0 Å². The highest BCUT2D eigenvalue weighted by Gasteiger charge is 2.57. The van der Waals surface area contributed by atoms with Crippen LogP contribution in [0.15, 0.2) is 30.3 Å². The Morgan fingerprint density at radius 1 is 1.04 bits per heavy atom. The minimum absolute atomic E-state index is 0.0434. The van der Waals surface area contributed by atoms with Gasteiger partial charge in [-0.3, -0.25) is 0 Å². The van der Waals surface area contributed by atoms with Crippen LogP contribution in [0.25, 0.3) is 0 Å². The summed E-state index contributed by atoms with van der Waals surface area (Å²) in [4.78, 5) is 0. The van der Waals surface area contributed by atoms with Gasteiger partial charge in [-0.2, -0.15) is 0 Å². The van der Waals surface area contributed by atoms with Crippen molar-refractivity contribution in [1.82, 2.24) is 5.32 Å². The molecule has 0 aliphatic heterocycles. The van der Waals surface area contributed by atoms with Crippen LogP contribution in [0.1, 0.15) is 64.4 Å². The lowest BCUT2D eigenvalue weighted by molar-refractivity contribution is -0.0870. The topological polar surface area (TPSA) is 32.3 Å². The number of aliphatic hydroxyl groups is 1. The minimum atomic E-state index is -0.0434. The molecule has 0 spiro atoms. The Morgan fingerprint density at radius 3 is 2.68 bits per heavy atom. The molecule has 0 aromatic heterocycles.